The van der Waals surface area contributed by atoms with E-state index in [1.165, 1.54) is 12.1 Å². The van der Waals surface area contributed by atoms with Crippen molar-refractivity contribution in [2.24, 2.45) is 0 Å². The van der Waals surface area contributed by atoms with Crippen molar-refractivity contribution in [1.29, 1.82) is 0 Å². The van der Waals surface area contributed by atoms with E-state index in [1.54, 1.807) is 19.1 Å². The molecule has 2 N–H and O–H groups in total. The minimum atomic E-state index is -0.483. The summed E-state index contributed by atoms with van der Waals surface area (Å²) in [4.78, 5) is 19.1. The van der Waals surface area contributed by atoms with E-state index in [-0.39, 0.29) is 5.69 Å². The standard InChI is InChI=1S/C15H18N4O3/c1-3-12-8-14(16-9-10(2)20)18-15(17-12)11-4-6-13(7-5-11)19(21)22/h4-8,10,20H,3,9H2,1-2H3,(H,16,17,18)/t10-/m1/s1. The van der Waals surface area contributed by atoms with Crippen LogP contribution in [0.4, 0.5) is 11.5 Å². The summed E-state index contributed by atoms with van der Waals surface area (Å²) >= 11 is 0. The lowest BCUT2D eigenvalue weighted by Crippen LogP contribution is -2.16. The molecular formula is C15H18N4O3. The van der Waals surface area contributed by atoms with Crippen molar-refractivity contribution < 1.29 is 10.0 Å². The zero-order valence-corrected chi connectivity index (χ0v) is 12.5. The molecule has 0 unspecified atom stereocenters. The third-order valence-electron chi connectivity index (χ3n) is 3.06. The number of non-ortho nitro benzene ring substituents is 1. The Labute approximate surface area is 128 Å². The highest BCUT2D eigenvalue weighted by atomic mass is 16.6. The molecule has 0 fully saturated rings. The van der Waals surface area contributed by atoms with E-state index in [4.69, 9.17) is 0 Å². The predicted molar refractivity (Wildman–Crippen MR) is 83.7 cm³/mol. The van der Waals surface area contributed by atoms with Gasteiger partial charge in [-0.15, -0.1) is 0 Å². The van der Waals surface area contributed by atoms with Gasteiger partial charge in [0.05, 0.1) is 11.0 Å². The zero-order valence-electron chi connectivity index (χ0n) is 12.5. The number of benzene rings is 1. The van der Waals surface area contributed by atoms with Crippen molar-refractivity contribution in [3.8, 4) is 11.4 Å². The molecule has 1 heterocycles. The van der Waals surface area contributed by atoms with Gasteiger partial charge in [-0.2, -0.15) is 0 Å². The molecule has 1 aromatic carbocycles. The van der Waals surface area contributed by atoms with Gasteiger partial charge in [0.2, 0.25) is 0 Å². The number of nitrogens with zero attached hydrogens (tertiary/aromatic N) is 3. The fourth-order valence-corrected chi connectivity index (χ4v) is 1.88. The second kappa shape index (κ2) is 6.95. The maximum Gasteiger partial charge on any atom is 0.269 e. The number of aryl methyl sites for hydroxylation is 1. The molecule has 7 heteroatoms. The van der Waals surface area contributed by atoms with Crippen molar-refractivity contribution in [1.82, 2.24) is 9.97 Å². The second-order valence-electron chi connectivity index (χ2n) is 4.96. The molecule has 0 aliphatic heterocycles. The Morgan fingerprint density at radius 1 is 1.32 bits per heavy atom. The Kier molecular flexibility index (Phi) is 5.00. The maximum atomic E-state index is 10.7. The molecule has 0 bridgehead atoms. The van der Waals surface area contributed by atoms with E-state index in [2.05, 4.69) is 15.3 Å². The van der Waals surface area contributed by atoms with Crippen LogP contribution >= 0.6 is 0 Å². The molecule has 2 aromatic rings. The highest BCUT2D eigenvalue weighted by Crippen LogP contribution is 2.21. The molecule has 0 amide bonds. The summed E-state index contributed by atoms with van der Waals surface area (Å²) in [6, 6.07) is 7.95. The molecule has 0 aliphatic carbocycles. The molecule has 0 aliphatic rings. The summed E-state index contributed by atoms with van der Waals surface area (Å²) in [6.07, 6.45) is 0.258. The molecule has 0 saturated heterocycles. The molecule has 0 spiro atoms. The fourth-order valence-electron chi connectivity index (χ4n) is 1.88. The minimum absolute atomic E-state index is 0.0304. The molecule has 1 aromatic heterocycles. The van der Waals surface area contributed by atoms with Crippen LogP contribution in [-0.4, -0.2) is 32.6 Å². The van der Waals surface area contributed by atoms with Gasteiger partial charge >= 0.3 is 0 Å². The van der Waals surface area contributed by atoms with Gasteiger partial charge in [0, 0.05) is 36.0 Å². The molecular weight excluding hydrogens is 284 g/mol. The van der Waals surface area contributed by atoms with Crippen molar-refractivity contribution >= 4 is 11.5 Å². The van der Waals surface area contributed by atoms with E-state index in [0.717, 1.165) is 12.1 Å². The van der Waals surface area contributed by atoms with Gasteiger partial charge in [-0.05, 0) is 25.5 Å². The topological polar surface area (TPSA) is 101 Å². The number of nitro benzene ring substituents is 1. The third kappa shape index (κ3) is 3.98. The van der Waals surface area contributed by atoms with Crippen LogP contribution in [0.2, 0.25) is 0 Å². The van der Waals surface area contributed by atoms with Gasteiger partial charge in [0.25, 0.3) is 5.69 Å². The Morgan fingerprint density at radius 3 is 2.55 bits per heavy atom. The normalized spacial score (nSPS) is 12.0. The highest BCUT2D eigenvalue weighted by molar-refractivity contribution is 5.59. The van der Waals surface area contributed by atoms with Crippen LogP contribution in [0.5, 0.6) is 0 Å². The summed E-state index contributed by atoms with van der Waals surface area (Å²) in [5, 5.41) is 23.1. The lowest BCUT2D eigenvalue weighted by Gasteiger charge is -2.10. The highest BCUT2D eigenvalue weighted by Gasteiger charge is 2.09. The number of hydrogen-bond donors (Lipinski definition) is 2. The van der Waals surface area contributed by atoms with E-state index in [9.17, 15) is 15.2 Å². The van der Waals surface area contributed by atoms with Crippen LogP contribution in [0, 0.1) is 10.1 Å². The predicted octanol–water partition coefficient (Wildman–Crippen LogP) is 2.41. The van der Waals surface area contributed by atoms with Crippen molar-refractivity contribution in [2.45, 2.75) is 26.4 Å². The average molecular weight is 302 g/mol. The van der Waals surface area contributed by atoms with Gasteiger partial charge < -0.3 is 10.4 Å². The Morgan fingerprint density at radius 2 is 2.00 bits per heavy atom. The van der Waals surface area contributed by atoms with Crippen molar-refractivity contribution in [3.63, 3.8) is 0 Å². The molecule has 2 rings (SSSR count). The van der Waals surface area contributed by atoms with E-state index >= 15 is 0 Å². The summed E-state index contributed by atoms with van der Waals surface area (Å²) in [5.41, 5.74) is 1.60. The SMILES string of the molecule is CCc1cc(NC[C@@H](C)O)nc(-c2ccc([N+](=O)[O-])cc2)n1. The fraction of sp³-hybridized carbons (Fsp3) is 0.333. The molecule has 1 atom stereocenters. The van der Waals surface area contributed by atoms with Gasteiger partial charge in [-0.1, -0.05) is 6.92 Å². The van der Waals surface area contributed by atoms with Gasteiger partial charge in [0.15, 0.2) is 5.82 Å². The molecule has 22 heavy (non-hydrogen) atoms. The number of aliphatic hydroxyl groups is 1. The van der Waals surface area contributed by atoms with E-state index < -0.39 is 11.0 Å². The first kappa shape index (κ1) is 15.8. The Hall–Kier alpha value is -2.54. The summed E-state index contributed by atoms with van der Waals surface area (Å²) < 4.78 is 0. The van der Waals surface area contributed by atoms with Crippen LogP contribution in [0.3, 0.4) is 0 Å². The largest absolute Gasteiger partial charge is 0.392 e. The molecule has 7 nitrogen and oxygen atoms in total. The Balaban J connectivity index is 2.32. The number of aliphatic hydroxyl groups excluding tert-OH is 1. The maximum absolute atomic E-state index is 10.7. The summed E-state index contributed by atoms with van der Waals surface area (Å²) in [7, 11) is 0. The third-order valence-corrected chi connectivity index (χ3v) is 3.06. The van der Waals surface area contributed by atoms with Crippen LogP contribution < -0.4 is 5.32 Å². The molecule has 0 saturated carbocycles. The molecule has 116 valence electrons. The monoisotopic (exact) mass is 302 g/mol. The lowest BCUT2D eigenvalue weighted by atomic mass is 10.2. The second-order valence-corrected chi connectivity index (χ2v) is 4.96. The first-order valence-electron chi connectivity index (χ1n) is 7.04. The first-order valence-corrected chi connectivity index (χ1v) is 7.04. The van der Waals surface area contributed by atoms with Gasteiger partial charge in [0.1, 0.15) is 5.82 Å². The lowest BCUT2D eigenvalue weighted by molar-refractivity contribution is -0.384. The van der Waals surface area contributed by atoms with Gasteiger partial charge in [-0.3, -0.25) is 10.1 Å². The van der Waals surface area contributed by atoms with E-state index in [1.807, 2.05) is 13.0 Å². The van der Waals surface area contributed by atoms with Crippen LogP contribution in [0.15, 0.2) is 30.3 Å². The van der Waals surface area contributed by atoms with Crippen LogP contribution in [-0.2, 0) is 6.42 Å². The quantitative estimate of drug-likeness (QED) is 0.627. The molecule has 0 radical (unpaired) electrons. The number of nitro groups is 1. The average Bonchev–Trinajstić information content (AvgIpc) is 2.52. The number of hydrogen-bond acceptors (Lipinski definition) is 6. The summed E-state index contributed by atoms with van der Waals surface area (Å²) in [6.45, 7) is 4.06. The number of aromatic nitrogens is 2. The zero-order chi connectivity index (χ0) is 16.1. The van der Waals surface area contributed by atoms with Crippen LogP contribution in [0.25, 0.3) is 11.4 Å². The first-order chi connectivity index (χ1) is 10.5. The van der Waals surface area contributed by atoms with Crippen molar-refractivity contribution in [3.05, 3.63) is 46.1 Å². The van der Waals surface area contributed by atoms with Crippen LogP contribution in [0.1, 0.15) is 19.5 Å². The van der Waals surface area contributed by atoms with Gasteiger partial charge in [-0.25, -0.2) is 9.97 Å². The Bertz CT molecular complexity index is 656. The number of anilines is 1. The van der Waals surface area contributed by atoms with Crippen molar-refractivity contribution in [2.75, 3.05) is 11.9 Å². The minimum Gasteiger partial charge on any atom is -0.392 e. The smallest absolute Gasteiger partial charge is 0.269 e. The number of rotatable bonds is 6. The van der Waals surface area contributed by atoms with E-state index in [0.29, 0.717) is 23.8 Å². The number of nitrogens with one attached hydrogen (secondary N) is 1. The summed E-state index contributed by atoms with van der Waals surface area (Å²) in [5.74, 6) is 1.13.